The van der Waals surface area contributed by atoms with Crippen LogP contribution in [-0.4, -0.2) is 26.4 Å². The minimum Gasteiger partial charge on any atom is -0.489 e. The molecule has 5 rings (SSSR count). The number of halogens is 1. The highest BCUT2D eigenvalue weighted by Gasteiger charge is 2.19. The average Bonchev–Trinajstić information content (AvgIpc) is 3.36. The van der Waals surface area contributed by atoms with Gasteiger partial charge in [0, 0.05) is 16.9 Å². The number of carbonyl (C=O) groups excluding carboxylic acids is 1. The number of benzene rings is 4. The lowest BCUT2D eigenvalue weighted by Crippen LogP contribution is -2.14. The highest BCUT2D eigenvalue weighted by molar-refractivity contribution is 7.99. The van der Waals surface area contributed by atoms with Crippen LogP contribution in [0.5, 0.6) is 5.75 Å². The van der Waals surface area contributed by atoms with Gasteiger partial charge in [-0.1, -0.05) is 84.0 Å². The maximum atomic E-state index is 12.7. The molecule has 1 amide bonds. The van der Waals surface area contributed by atoms with E-state index in [1.54, 1.807) is 0 Å². The fraction of sp³-hybridized carbons (Fsp3) is 0.0690. The van der Waals surface area contributed by atoms with Crippen LogP contribution in [0.25, 0.3) is 17.1 Å². The second kappa shape index (κ2) is 11.8. The Bertz CT molecular complexity index is 1480. The highest BCUT2D eigenvalue weighted by Crippen LogP contribution is 2.32. The third kappa shape index (κ3) is 6.20. The van der Waals surface area contributed by atoms with Crippen LogP contribution in [0.3, 0.4) is 0 Å². The fourth-order valence-electron chi connectivity index (χ4n) is 3.69. The van der Waals surface area contributed by atoms with E-state index in [-0.39, 0.29) is 11.7 Å². The predicted octanol–water partition coefficient (Wildman–Crippen LogP) is 6.90. The molecule has 184 valence electrons. The molecule has 0 aliphatic heterocycles. The van der Waals surface area contributed by atoms with Crippen LogP contribution in [0.1, 0.15) is 5.56 Å². The maximum Gasteiger partial charge on any atom is 0.234 e. The van der Waals surface area contributed by atoms with Crippen LogP contribution in [0, 0.1) is 0 Å². The molecule has 0 unspecified atom stereocenters. The smallest absolute Gasteiger partial charge is 0.234 e. The van der Waals surface area contributed by atoms with Crippen LogP contribution in [0.4, 0.5) is 5.69 Å². The number of hydrogen-bond donors (Lipinski definition) is 1. The summed E-state index contributed by atoms with van der Waals surface area (Å²) in [5.74, 6) is 1.37. The molecular formula is C29H23ClN4O2S. The van der Waals surface area contributed by atoms with E-state index in [0.717, 1.165) is 22.6 Å². The summed E-state index contributed by atoms with van der Waals surface area (Å²) in [6, 6.07) is 34.6. The van der Waals surface area contributed by atoms with Crippen molar-refractivity contribution in [3.8, 4) is 22.8 Å². The number of thioether (sulfide) groups is 1. The number of carbonyl (C=O) groups is 1. The second-order valence-electron chi connectivity index (χ2n) is 8.09. The number of nitrogens with zero attached hydrogens (tertiary/aromatic N) is 3. The number of ether oxygens (including phenoxy) is 1. The van der Waals surface area contributed by atoms with Gasteiger partial charge in [-0.15, -0.1) is 10.2 Å². The van der Waals surface area contributed by atoms with Gasteiger partial charge in [0.2, 0.25) is 5.91 Å². The quantitative estimate of drug-likeness (QED) is 0.212. The van der Waals surface area contributed by atoms with Gasteiger partial charge in [0.1, 0.15) is 12.4 Å². The lowest BCUT2D eigenvalue weighted by atomic mass is 10.2. The van der Waals surface area contributed by atoms with Gasteiger partial charge < -0.3 is 10.1 Å². The van der Waals surface area contributed by atoms with E-state index in [9.17, 15) is 4.79 Å². The monoisotopic (exact) mass is 526 g/mol. The number of rotatable bonds is 9. The normalized spacial score (nSPS) is 10.7. The molecule has 0 atom stereocenters. The van der Waals surface area contributed by atoms with Crippen molar-refractivity contribution in [1.82, 2.24) is 14.8 Å². The third-order valence-corrected chi connectivity index (χ3v) is 6.74. The first-order valence-electron chi connectivity index (χ1n) is 11.6. The summed E-state index contributed by atoms with van der Waals surface area (Å²) in [4.78, 5) is 12.7. The van der Waals surface area contributed by atoms with E-state index in [0.29, 0.717) is 28.3 Å². The lowest BCUT2D eigenvalue weighted by Gasteiger charge is -2.11. The van der Waals surface area contributed by atoms with Gasteiger partial charge in [0.25, 0.3) is 0 Å². The molecule has 0 bridgehead atoms. The Kier molecular flexibility index (Phi) is 7.84. The molecule has 0 aliphatic carbocycles. The lowest BCUT2D eigenvalue weighted by molar-refractivity contribution is -0.113. The van der Waals surface area contributed by atoms with Crippen LogP contribution >= 0.6 is 23.4 Å². The Labute approximate surface area is 224 Å². The van der Waals surface area contributed by atoms with Gasteiger partial charge in [0.05, 0.1) is 10.8 Å². The first-order chi connectivity index (χ1) is 18.2. The van der Waals surface area contributed by atoms with E-state index in [2.05, 4.69) is 15.5 Å². The zero-order valence-corrected chi connectivity index (χ0v) is 21.3. The molecule has 0 radical (unpaired) electrons. The Hall–Kier alpha value is -4.07. The molecule has 0 fully saturated rings. The zero-order chi connectivity index (χ0) is 25.5. The van der Waals surface area contributed by atoms with Crippen molar-refractivity contribution in [2.24, 2.45) is 0 Å². The first-order valence-corrected chi connectivity index (χ1v) is 13.0. The fourth-order valence-corrected chi connectivity index (χ4v) is 4.66. The van der Waals surface area contributed by atoms with Crippen molar-refractivity contribution in [2.75, 3.05) is 11.1 Å². The van der Waals surface area contributed by atoms with Crippen molar-refractivity contribution in [2.45, 2.75) is 11.8 Å². The van der Waals surface area contributed by atoms with Crippen LogP contribution in [-0.2, 0) is 11.4 Å². The Balaban J connectivity index is 1.25. The summed E-state index contributed by atoms with van der Waals surface area (Å²) in [5.41, 5.74) is 3.44. The molecule has 0 saturated heterocycles. The summed E-state index contributed by atoms with van der Waals surface area (Å²) in [5, 5.41) is 12.9. The third-order valence-electron chi connectivity index (χ3n) is 5.48. The van der Waals surface area contributed by atoms with Crippen molar-refractivity contribution < 1.29 is 9.53 Å². The number of para-hydroxylation sites is 1. The van der Waals surface area contributed by atoms with Gasteiger partial charge in [-0.3, -0.25) is 9.36 Å². The van der Waals surface area contributed by atoms with Gasteiger partial charge in [-0.2, -0.15) is 0 Å². The summed E-state index contributed by atoms with van der Waals surface area (Å²) in [6.45, 7) is 0.488. The topological polar surface area (TPSA) is 69.0 Å². The zero-order valence-electron chi connectivity index (χ0n) is 19.8. The summed E-state index contributed by atoms with van der Waals surface area (Å²) >= 11 is 7.76. The van der Waals surface area contributed by atoms with E-state index < -0.39 is 0 Å². The van der Waals surface area contributed by atoms with Crippen molar-refractivity contribution in [3.63, 3.8) is 0 Å². The number of nitrogens with one attached hydrogen (secondary N) is 1. The van der Waals surface area contributed by atoms with Crippen LogP contribution < -0.4 is 10.1 Å². The molecular weight excluding hydrogens is 504 g/mol. The summed E-state index contributed by atoms with van der Waals surface area (Å²) < 4.78 is 7.73. The average molecular weight is 527 g/mol. The molecule has 1 N–H and O–H groups in total. The highest BCUT2D eigenvalue weighted by atomic mass is 35.5. The van der Waals surface area contributed by atoms with Crippen molar-refractivity contribution in [3.05, 3.63) is 120 Å². The molecule has 1 heterocycles. The molecule has 37 heavy (non-hydrogen) atoms. The Morgan fingerprint density at radius 1 is 0.838 bits per heavy atom. The van der Waals surface area contributed by atoms with E-state index in [1.165, 1.54) is 11.8 Å². The number of aromatic nitrogens is 3. The number of amides is 1. The van der Waals surface area contributed by atoms with E-state index in [4.69, 9.17) is 16.3 Å². The molecule has 4 aromatic carbocycles. The molecule has 8 heteroatoms. The molecule has 0 saturated carbocycles. The Morgan fingerprint density at radius 2 is 1.51 bits per heavy atom. The second-order valence-corrected chi connectivity index (χ2v) is 9.44. The number of hydrogen-bond acceptors (Lipinski definition) is 5. The van der Waals surface area contributed by atoms with Crippen molar-refractivity contribution in [1.29, 1.82) is 0 Å². The van der Waals surface area contributed by atoms with Crippen LogP contribution in [0.15, 0.2) is 114 Å². The largest absolute Gasteiger partial charge is 0.489 e. The summed E-state index contributed by atoms with van der Waals surface area (Å²) in [7, 11) is 0. The minimum atomic E-state index is -0.148. The van der Waals surface area contributed by atoms with Crippen LogP contribution in [0.2, 0.25) is 5.02 Å². The van der Waals surface area contributed by atoms with Crippen molar-refractivity contribution >= 4 is 35.0 Å². The molecule has 0 spiro atoms. The molecule has 5 aromatic rings. The van der Waals surface area contributed by atoms with Gasteiger partial charge in [0.15, 0.2) is 11.0 Å². The number of anilines is 1. The van der Waals surface area contributed by atoms with Gasteiger partial charge in [-0.05, 0) is 54.1 Å². The molecule has 1 aromatic heterocycles. The molecule has 6 nitrogen and oxygen atoms in total. The minimum absolute atomic E-state index is 0.148. The van der Waals surface area contributed by atoms with Gasteiger partial charge in [-0.25, -0.2) is 0 Å². The maximum absolute atomic E-state index is 12.7. The SMILES string of the molecule is O=C(CSc1nnc(-c2ccccc2Cl)n1-c1ccccc1)Nc1ccc(OCc2ccccc2)cc1. The molecule has 0 aliphatic rings. The predicted molar refractivity (Wildman–Crippen MR) is 148 cm³/mol. The van der Waals surface area contributed by atoms with E-state index in [1.807, 2.05) is 114 Å². The van der Waals surface area contributed by atoms with Gasteiger partial charge >= 0.3 is 0 Å². The standard InChI is InChI=1S/C29H23ClN4O2S/c30-26-14-8-7-13-25(26)28-32-33-29(34(28)23-11-5-2-6-12-23)37-20-27(35)31-22-15-17-24(18-16-22)36-19-21-9-3-1-4-10-21/h1-18H,19-20H2,(H,31,35). The van der Waals surface area contributed by atoms with E-state index >= 15 is 0 Å². The first kappa shape index (κ1) is 24.6. The Morgan fingerprint density at radius 3 is 2.24 bits per heavy atom. The summed E-state index contributed by atoms with van der Waals surface area (Å²) in [6.07, 6.45) is 0.